The molecule has 0 aliphatic carbocycles. The first-order valence-corrected chi connectivity index (χ1v) is 7.80. The van der Waals surface area contributed by atoms with Gasteiger partial charge in [0.2, 0.25) is 11.8 Å². The molecule has 1 saturated heterocycles. The van der Waals surface area contributed by atoms with Crippen LogP contribution in [0.1, 0.15) is 37.8 Å². The molecule has 118 valence electrons. The van der Waals surface area contributed by atoms with Gasteiger partial charge in [0, 0.05) is 39.2 Å². The summed E-state index contributed by atoms with van der Waals surface area (Å²) in [5.74, 6) is 0.598. The molecule has 1 fully saturated rings. The van der Waals surface area contributed by atoms with Crippen LogP contribution in [0.5, 0.6) is 0 Å². The van der Waals surface area contributed by atoms with Crippen molar-refractivity contribution in [3.05, 3.63) is 41.5 Å². The van der Waals surface area contributed by atoms with Crippen LogP contribution in [0.15, 0.2) is 30.3 Å². The van der Waals surface area contributed by atoms with Gasteiger partial charge in [-0.25, -0.2) is 0 Å². The highest BCUT2D eigenvalue weighted by molar-refractivity contribution is 5.92. The molecule has 0 radical (unpaired) electrons. The van der Waals surface area contributed by atoms with E-state index in [9.17, 15) is 9.59 Å². The van der Waals surface area contributed by atoms with Gasteiger partial charge in [0.25, 0.3) is 0 Å². The summed E-state index contributed by atoms with van der Waals surface area (Å²) in [6.45, 7) is 8.35. The minimum Gasteiger partial charge on any atom is -0.339 e. The van der Waals surface area contributed by atoms with Gasteiger partial charge in [-0.05, 0) is 23.1 Å². The van der Waals surface area contributed by atoms with E-state index in [0.717, 1.165) is 5.56 Å². The summed E-state index contributed by atoms with van der Waals surface area (Å²) in [5, 5.41) is 0. The highest BCUT2D eigenvalue weighted by Gasteiger charge is 2.20. The quantitative estimate of drug-likeness (QED) is 0.805. The Bertz CT molecular complexity index is 553. The molecule has 0 aromatic heterocycles. The second kappa shape index (κ2) is 7.25. The molecule has 1 aromatic rings. The maximum absolute atomic E-state index is 12.2. The summed E-state index contributed by atoms with van der Waals surface area (Å²) in [6.07, 6.45) is 3.47. The Kier molecular flexibility index (Phi) is 5.36. The molecule has 2 rings (SSSR count). The maximum Gasteiger partial charge on any atom is 0.246 e. The van der Waals surface area contributed by atoms with Gasteiger partial charge >= 0.3 is 0 Å². The van der Waals surface area contributed by atoms with Gasteiger partial charge < -0.3 is 9.80 Å². The van der Waals surface area contributed by atoms with Gasteiger partial charge in [0.1, 0.15) is 0 Å². The molecule has 0 saturated carbocycles. The summed E-state index contributed by atoms with van der Waals surface area (Å²) in [5.41, 5.74) is 2.32. The fraction of sp³-hybridized carbons (Fsp3) is 0.444. The Hall–Kier alpha value is -2.10. The lowest BCUT2D eigenvalue weighted by atomic mass is 10.0. The minimum absolute atomic E-state index is 0.0103. The van der Waals surface area contributed by atoms with E-state index in [4.69, 9.17) is 0 Å². The Labute approximate surface area is 132 Å². The van der Waals surface area contributed by atoms with E-state index in [2.05, 4.69) is 26.0 Å². The third-order valence-corrected chi connectivity index (χ3v) is 4.06. The summed E-state index contributed by atoms with van der Waals surface area (Å²) in [6, 6.07) is 8.26. The van der Waals surface area contributed by atoms with E-state index >= 15 is 0 Å². The Balaban J connectivity index is 1.90. The smallest absolute Gasteiger partial charge is 0.246 e. The average molecular weight is 300 g/mol. The van der Waals surface area contributed by atoms with Gasteiger partial charge in [-0.3, -0.25) is 9.59 Å². The van der Waals surface area contributed by atoms with Crippen LogP contribution in [0.3, 0.4) is 0 Å². The fourth-order valence-corrected chi connectivity index (χ4v) is 2.51. The number of nitrogens with zero attached hydrogens (tertiary/aromatic N) is 2. The molecule has 1 aromatic carbocycles. The molecule has 1 heterocycles. The first-order valence-electron chi connectivity index (χ1n) is 7.80. The van der Waals surface area contributed by atoms with E-state index in [1.54, 1.807) is 22.8 Å². The Morgan fingerprint density at radius 2 is 1.55 bits per heavy atom. The van der Waals surface area contributed by atoms with Crippen LogP contribution in [0.2, 0.25) is 0 Å². The molecule has 0 atom stereocenters. The Morgan fingerprint density at radius 1 is 1.00 bits per heavy atom. The van der Waals surface area contributed by atoms with Gasteiger partial charge in [-0.1, -0.05) is 38.1 Å². The highest BCUT2D eigenvalue weighted by atomic mass is 16.2. The van der Waals surface area contributed by atoms with E-state index in [0.29, 0.717) is 32.1 Å². The van der Waals surface area contributed by atoms with Crippen LogP contribution in [0.25, 0.3) is 6.08 Å². The summed E-state index contributed by atoms with van der Waals surface area (Å²) in [7, 11) is 0. The largest absolute Gasteiger partial charge is 0.339 e. The van der Waals surface area contributed by atoms with Crippen LogP contribution in [0.4, 0.5) is 0 Å². The lowest BCUT2D eigenvalue weighted by Crippen LogP contribution is -2.49. The predicted molar refractivity (Wildman–Crippen MR) is 88.4 cm³/mol. The molecular formula is C18H24N2O2. The van der Waals surface area contributed by atoms with Crippen LogP contribution >= 0.6 is 0 Å². The first kappa shape index (κ1) is 16.3. The summed E-state index contributed by atoms with van der Waals surface area (Å²) >= 11 is 0. The van der Waals surface area contributed by atoms with Crippen LogP contribution in [-0.4, -0.2) is 47.8 Å². The molecule has 22 heavy (non-hydrogen) atoms. The van der Waals surface area contributed by atoms with Gasteiger partial charge in [0.05, 0.1) is 0 Å². The average Bonchev–Trinajstić information content (AvgIpc) is 2.53. The number of carbonyl (C=O) groups is 2. The van der Waals surface area contributed by atoms with Crippen molar-refractivity contribution in [1.82, 2.24) is 9.80 Å². The number of hydrogen-bond acceptors (Lipinski definition) is 2. The van der Waals surface area contributed by atoms with Crippen LogP contribution in [0, 0.1) is 0 Å². The molecule has 0 bridgehead atoms. The van der Waals surface area contributed by atoms with Gasteiger partial charge in [0.15, 0.2) is 0 Å². The zero-order valence-electron chi connectivity index (χ0n) is 13.6. The third kappa shape index (κ3) is 4.20. The maximum atomic E-state index is 12.2. The zero-order valence-corrected chi connectivity index (χ0v) is 13.6. The van der Waals surface area contributed by atoms with Crippen LogP contribution in [-0.2, 0) is 9.59 Å². The summed E-state index contributed by atoms with van der Waals surface area (Å²) < 4.78 is 0. The van der Waals surface area contributed by atoms with Crippen molar-refractivity contribution in [2.75, 3.05) is 26.2 Å². The number of amides is 2. The second-order valence-electron chi connectivity index (χ2n) is 5.99. The highest BCUT2D eigenvalue weighted by Crippen LogP contribution is 2.15. The molecule has 4 heteroatoms. The fourth-order valence-electron chi connectivity index (χ4n) is 2.51. The SMILES string of the molecule is CC(=O)N1CCN(C(=O)/C=C/c2ccc(C(C)C)cc2)CC1. The molecular weight excluding hydrogens is 276 g/mol. The molecule has 1 aliphatic rings. The van der Waals surface area contributed by atoms with Crippen molar-refractivity contribution in [2.24, 2.45) is 0 Å². The second-order valence-corrected chi connectivity index (χ2v) is 5.99. The van der Waals surface area contributed by atoms with Gasteiger partial charge in [-0.2, -0.15) is 0 Å². The molecule has 4 nitrogen and oxygen atoms in total. The summed E-state index contributed by atoms with van der Waals surface area (Å²) in [4.78, 5) is 27.0. The molecule has 1 aliphatic heterocycles. The van der Waals surface area contributed by atoms with Crippen molar-refractivity contribution in [1.29, 1.82) is 0 Å². The molecule has 2 amide bonds. The van der Waals surface area contributed by atoms with E-state index in [-0.39, 0.29) is 11.8 Å². The van der Waals surface area contributed by atoms with Crippen molar-refractivity contribution in [2.45, 2.75) is 26.7 Å². The molecule has 0 unspecified atom stereocenters. The number of rotatable bonds is 3. The van der Waals surface area contributed by atoms with Crippen molar-refractivity contribution >= 4 is 17.9 Å². The minimum atomic E-state index is 0.0103. The van der Waals surface area contributed by atoms with Crippen molar-refractivity contribution in [3.8, 4) is 0 Å². The monoisotopic (exact) mass is 300 g/mol. The predicted octanol–water partition coefficient (Wildman–Crippen LogP) is 2.51. The number of hydrogen-bond donors (Lipinski definition) is 0. The molecule has 0 N–H and O–H groups in total. The third-order valence-electron chi connectivity index (χ3n) is 4.06. The van der Waals surface area contributed by atoms with E-state index in [1.807, 2.05) is 18.2 Å². The van der Waals surface area contributed by atoms with Gasteiger partial charge in [-0.15, -0.1) is 0 Å². The zero-order chi connectivity index (χ0) is 16.1. The van der Waals surface area contributed by atoms with Crippen molar-refractivity contribution < 1.29 is 9.59 Å². The Morgan fingerprint density at radius 3 is 2.05 bits per heavy atom. The first-order chi connectivity index (χ1) is 10.5. The number of carbonyl (C=O) groups excluding carboxylic acids is 2. The topological polar surface area (TPSA) is 40.6 Å². The lowest BCUT2D eigenvalue weighted by Gasteiger charge is -2.33. The van der Waals surface area contributed by atoms with Crippen molar-refractivity contribution in [3.63, 3.8) is 0 Å². The van der Waals surface area contributed by atoms with Crippen LogP contribution < -0.4 is 0 Å². The van der Waals surface area contributed by atoms with E-state index in [1.165, 1.54) is 5.56 Å². The molecule has 0 spiro atoms. The lowest BCUT2D eigenvalue weighted by molar-refractivity contribution is -0.135. The normalized spacial score (nSPS) is 15.6. The van der Waals surface area contributed by atoms with E-state index < -0.39 is 0 Å². The standard InChI is InChI=1S/C18H24N2O2/c1-14(2)17-7-4-16(5-8-17)6-9-18(22)20-12-10-19(11-13-20)15(3)21/h4-9,14H,10-13H2,1-3H3/b9-6+. The number of benzene rings is 1. The number of piperazine rings is 1.